The summed E-state index contributed by atoms with van der Waals surface area (Å²) in [4.78, 5) is 16.5. The summed E-state index contributed by atoms with van der Waals surface area (Å²) in [5.74, 6) is 2.05. The molecule has 1 atom stereocenters. The van der Waals surface area contributed by atoms with E-state index in [1.165, 1.54) is 0 Å². The molecule has 1 aromatic carbocycles. The fourth-order valence-corrected chi connectivity index (χ4v) is 3.00. The molecule has 1 amide bonds. The smallest absolute Gasteiger partial charge is 0.220 e. The third-order valence-corrected chi connectivity index (χ3v) is 4.42. The van der Waals surface area contributed by atoms with Crippen LogP contribution in [0, 0.1) is 5.92 Å². The van der Waals surface area contributed by atoms with E-state index in [0.29, 0.717) is 32.1 Å². The highest BCUT2D eigenvalue weighted by Gasteiger charge is 2.22. The van der Waals surface area contributed by atoms with Gasteiger partial charge in [-0.2, -0.15) is 0 Å². The maximum atomic E-state index is 12.4. The van der Waals surface area contributed by atoms with Gasteiger partial charge < -0.3 is 14.8 Å². The molecule has 0 spiro atoms. The molecule has 3 rings (SSSR count). The number of carbonyl (C=O) groups is 1. The van der Waals surface area contributed by atoms with E-state index >= 15 is 0 Å². The SMILES string of the molecule is CC(C)C(CC(=O)NCc1cccnc1)c1ccc2c(c1)OCCO2. The summed E-state index contributed by atoms with van der Waals surface area (Å²) in [6.45, 7) is 5.91. The van der Waals surface area contributed by atoms with E-state index in [0.717, 1.165) is 22.6 Å². The highest BCUT2D eigenvalue weighted by Crippen LogP contribution is 2.36. The number of pyridine rings is 1. The number of hydrogen-bond donors (Lipinski definition) is 1. The van der Waals surface area contributed by atoms with E-state index in [1.54, 1.807) is 12.4 Å². The van der Waals surface area contributed by atoms with Gasteiger partial charge in [0.1, 0.15) is 13.2 Å². The van der Waals surface area contributed by atoms with Gasteiger partial charge in [0.25, 0.3) is 0 Å². The van der Waals surface area contributed by atoms with Gasteiger partial charge in [-0.1, -0.05) is 26.0 Å². The van der Waals surface area contributed by atoms with Crippen molar-refractivity contribution >= 4 is 5.91 Å². The minimum atomic E-state index is 0.0393. The zero-order valence-electron chi connectivity index (χ0n) is 14.7. The van der Waals surface area contributed by atoms with Crippen LogP contribution in [-0.4, -0.2) is 24.1 Å². The predicted octanol–water partition coefficient (Wildman–Crippen LogP) is 3.30. The fourth-order valence-electron chi connectivity index (χ4n) is 3.00. The molecular weight excluding hydrogens is 316 g/mol. The number of amides is 1. The second-order valence-corrected chi connectivity index (χ2v) is 6.60. The predicted molar refractivity (Wildman–Crippen MR) is 95.7 cm³/mol. The maximum absolute atomic E-state index is 12.4. The van der Waals surface area contributed by atoms with Gasteiger partial charge in [-0.25, -0.2) is 0 Å². The molecule has 1 N–H and O–H groups in total. The number of ether oxygens (including phenoxy) is 2. The van der Waals surface area contributed by atoms with Gasteiger partial charge in [0.2, 0.25) is 5.91 Å². The second kappa shape index (κ2) is 8.01. The van der Waals surface area contributed by atoms with Gasteiger partial charge in [-0.15, -0.1) is 0 Å². The number of hydrogen-bond acceptors (Lipinski definition) is 4. The number of fused-ring (bicyclic) bond motifs is 1. The molecule has 0 bridgehead atoms. The molecule has 0 fully saturated rings. The van der Waals surface area contributed by atoms with Crippen LogP contribution in [0.4, 0.5) is 0 Å². The molecule has 0 radical (unpaired) electrons. The molecule has 0 saturated heterocycles. The second-order valence-electron chi connectivity index (χ2n) is 6.60. The first-order valence-electron chi connectivity index (χ1n) is 8.68. The molecule has 1 aliphatic rings. The van der Waals surface area contributed by atoms with Crippen molar-refractivity contribution in [2.24, 2.45) is 5.92 Å². The third kappa shape index (κ3) is 4.50. The molecular formula is C20H24N2O3. The molecule has 0 aliphatic carbocycles. The van der Waals surface area contributed by atoms with Crippen molar-refractivity contribution < 1.29 is 14.3 Å². The van der Waals surface area contributed by atoms with Crippen molar-refractivity contribution in [2.75, 3.05) is 13.2 Å². The van der Waals surface area contributed by atoms with Crippen LogP contribution in [-0.2, 0) is 11.3 Å². The van der Waals surface area contributed by atoms with Crippen LogP contribution in [0.5, 0.6) is 11.5 Å². The molecule has 2 aromatic rings. The minimum absolute atomic E-state index is 0.0393. The quantitative estimate of drug-likeness (QED) is 0.876. The summed E-state index contributed by atoms with van der Waals surface area (Å²) in [5, 5.41) is 2.98. The Kier molecular flexibility index (Phi) is 5.53. The van der Waals surface area contributed by atoms with Crippen LogP contribution in [0.3, 0.4) is 0 Å². The lowest BCUT2D eigenvalue weighted by Gasteiger charge is -2.24. The zero-order chi connectivity index (χ0) is 17.6. The van der Waals surface area contributed by atoms with Gasteiger partial charge in [0.15, 0.2) is 11.5 Å². The van der Waals surface area contributed by atoms with Gasteiger partial charge >= 0.3 is 0 Å². The van der Waals surface area contributed by atoms with Gasteiger partial charge in [-0.3, -0.25) is 9.78 Å². The third-order valence-electron chi connectivity index (χ3n) is 4.42. The Bertz CT molecular complexity index is 716. The standard InChI is InChI=1S/C20H24N2O3/c1-14(2)17(11-20(23)22-13-15-4-3-7-21-12-15)16-5-6-18-19(10-16)25-9-8-24-18/h3-7,10,12,14,17H,8-9,11,13H2,1-2H3,(H,22,23). The molecule has 25 heavy (non-hydrogen) atoms. The lowest BCUT2D eigenvalue weighted by molar-refractivity contribution is -0.121. The molecule has 1 aromatic heterocycles. The molecule has 2 heterocycles. The van der Waals surface area contributed by atoms with Crippen LogP contribution in [0.15, 0.2) is 42.7 Å². The largest absolute Gasteiger partial charge is 0.486 e. The molecule has 132 valence electrons. The highest BCUT2D eigenvalue weighted by atomic mass is 16.6. The zero-order valence-corrected chi connectivity index (χ0v) is 14.7. The number of carbonyl (C=O) groups excluding carboxylic acids is 1. The summed E-state index contributed by atoms with van der Waals surface area (Å²) >= 11 is 0. The van der Waals surface area contributed by atoms with Crippen LogP contribution in [0.2, 0.25) is 0 Å². The van der Waals surface area contributed by atoms with Crippen molar-refractivity contribution in [1.82, 2.24) is 10.3 Å². The number of benzene rings is 1. The van der Waals surface area contributed by atoms with Crippen LogP contribution in [0.25, 0.3) is 0 Å². The average molecular weight is 340 g/mol. The summed E-state index contributed by atoms with van der Waals surface area (Å²) < 4.78 is 11.2. The van der Waals surface area contributed by atoms with E-state index in [2.05, 4.69) is 24.1 Å². The molecule has 1 aliphatic heterocycles. The minimum Gasteiger partial charge on any atom is -0.486 e. The fraction of sp³-hybridized carbons (Fsp3) is 0.400. The van der Waals surface area contributed by atoms with E-state index in [4.69, 9.17) is 9.47 Å². The van der Waals surface area contributed by atoms with Gasteiger partial charge in [0.05, 0.1) is 0 Å². The van der Waals surface area contributed by atoms with Crippen molar-refractivity contribution in [3.8, 4) is 11.5 Å². The first-order chi connectivity index (χ1) is 12.1. The van der Waals surface area contributed by atoms with E-state index < -0.39 is 0 Å². The Balaban J connectivity index is 1.65. The Morgan fingerprint density at radius 3 is 2.72 bits per heavy atom. The Morgan fingerprint density at radius 1 is 1.20 bits per heavy atom. The topological polar surface area (TPSA) is 60.5 Å². The molecule has 0 saturated carbocycles. The normalized spacial score (nSPS) is 14.2. The highest BCUT2D eigenvalue weighted by molar-refractivity contribution is 5.77. The maximum Gasteiger partial charge on any atom is 0.220 e. The summed E-state index contributed by atoms with van der Waals surface area (Å²) in [6, 6.07) is 9.80. The van der Waals surface area contributed by atoms with Gasteiger partial charge in [-0.05, 0) is 41.2 Å². The Hall–Kier alpha value is -2.56. The molecule has 5 nitrogen and oxygen atoms in total. The van der Waals surface area contributed by atoms with Crippen molar-refractivity contribution in [2.45, 2.75) is 32.7 Å². The summed E-state index contributed by atoms with van der Waals surface area (Å²) in [5.41, 5.74) is 2.10. The van der Waals surface area contributed by atoms with E-state index in [1.807, 2.05) is 30.3 Å². The van der Waals surface area contributed by atoms with Crippen molar-refractivity contribution in [3.63, 3.8) is 0 Å². The van der Waals surface area contributed by atoms with Crippen LogP contribution in [0.1, 0.15) is 37.3 Å². The van der Waals surface area contributed by atoms with E-state index in [-0.39, 0.29) is 11.8 Å². The number of nitrogens with one attached hydrogen (secondary N) is 1. The van der Waals surface area contributed by atoms with E-state index in [9.17, 15) is 4.79 Å². The molecule has 5 heteroatoms. The van der Waals surface area contributed by atoms with Crippen LogP contribution >= 0.6 is 0 Å². The average Bonchev–Trinajstić information content (AvgIpc) is 2.64. The lowest BCUT2D eigenvalue weighted by Crippen LogP contribution is -2.26. The van der Waals surface area contributed by atoms with Crippen molar-refractivity contribution in [1.29, 1.82) is 0 Å². The Labute approximate surface area is 148 Å². The Morgan fingerprint density at radius 2 is 2.00 bits per heavy atom. The monoisotopic (exact) mass is 340 g/mol. The summed E-state index contributed by atoms with van der Waals surface area (Å²) in [6.07, 6.45) is 3.93. The first-order valence-corrected chi connectivity index (χ1v) is 8.68. The molecule has 1 unspecified atom stereocenters. The first kappa shape index (κ1) is 17.3. The van der Waals surface area contributed by atoms with Crippen molar-refractivity contribution in [3.05, 3.63) is 53.9 Å². The number of rotatable bonds is 6. The van der Waals surface area contributed by atoms with Crippen LogP contribution < -0.4 is 14.8 Å². The summed E-state index contributed by atoms with van der Waals surface area (Å²) in [7, 11) is 0. The number of nitrogens with zero attached hydrogens (tertiary/aromatic N) is 1. The number of aromatic nitrogens is 1. The van der Waals surface area contributed by atoms with Gasteiger partial charge in [0, 0.05) is 25.4 Å². The lowest BCUT2D eigenvalue weighted by atomic mass is 9.85.